The Bertz CT molecular complexity index is 250. The minimum Gasteiger partial charge on any atom is -0.395 e. The summed E-state index contributed by atoms with van der Waals surface area (Å²) in [7, 11) is 0. The summed E-state index contributed by atoms with van der Waals surface area (Å²) in [5.41, 5.74) is 0. The van der Waals surface area contributed by atoms with Gasteiger partial charge in [-0.25, -0.2) is 0 Å². The van der Waals surface area contributed by atoms with Gasteiger partial charge in [0, 0.05) is 13.0 Å². The topological polar surface area (TPSA) is 102 Å². The molecule has 1 heterocycles. The Hall–Kier alpha value is -0.690. The molecule has 0 bridgehead atoms. The van der Waals surface area contributed by atoms with Crippen molar-refractivity contribution in [3.05, 3.63) is 0 Å². The molecule has 1 amide bonds. The molecule has 100 valence electrons. The molecule has 4 atom stereocenters. The Morgan fingerprint density at radius 3 is 2.71 bits per heavy atom. The highest BCUT2D eigenvalue weighted by molar-refractivity contribution is 5.76. The summed E-state index contributed by atoms with van der Waals surface area (Å²) in [6, 6.07) is -1.04. The number of rotatable bonds is 5. The molecular formula is C11H22N2O4. The van der Waals surface area contributed by atoms with Crippen LogP contribution in [0.1, 0.15) is 26.2 Å². The number of unbranched alkanes of at least 4 members (excludes halogenated alkanes) is 1. The lowest BCUT2D eigenvalue weighted by molar-refractivity contribution is -0.125. The molecule has 0 radical (unpaired) electrons. The highest BCUT2D eigenvalue weighted by atomic mass is 16.3. The number of carbonyl (C=O) groups is 1. The summed E-state index contributed by atoms with van der Waals surface area (Å²) in [5, 5.41) is 34.0. The standard InChI is InChI=1S/C11H22N2O4/c1-2-3-4-9(15)13-7-5-12-8(6-14)11(17)10(7)16/h7-8,10-12,14,16-17H,2-6H2,1H3,(H,13,15)/t7-,8+,10+,11+/m0/s1. The Balaban J connectivity index is 2.42. The lowest BCUT2D eigenvalue weighted by Crippen LogP contribution is -2.65. The van der Waals surface area contributed by atoms with E-state index in [-0.39, 0.29) is 12.5 Å². The zero-order valence-electron chi connectivity index (χ0n) is 10.1. The maximum atomic E-state index is 11.5. The Morgan fingerprint density at radius 2 is 2.12 bits per heavy atom. The predicted octanol–water partition coefficient (Wildman–Crippen LogP) is -1.65. The summed E-state index contributed by atoms with van der Waals surface area (Å²) >= 11 is 0. The molecule has 6 nitrogen and oxygen atoms in total. The quantitative estimate of drug-likeness (QED) is 0.400. The van der Waals surface area contributed by atoms with Crippen LogP contribution in [0.2, 0.25) is 0 Å². The van der Waals surface area contributed by atoms with Crippen LogP contribution in [-0.4, -0.2) is 58.7 Å². The molecular weight excluding hydrogens is 224 g/mol. The van der Waals surface area contributed by atoms with Gasteiger partial charge in [0.1, 0.15) is 6.10 Å². The first kappa shape index (κ1) is 14.4. The third-order valence-corrected chi connectivity index (χ3v) is 3.07. The third kappa shape index (κ3) is 3.92. The van der Waals surface area contributed by atoms with Crippen molar-refractivity contribution in [2.75, 3.05) is 13.2 Å². The molecule has 6 heteroatoms. The zero-order valence-corrected chi connectivity index (χ0v) is 10.1. The number of amides is 1. The number of aliphatic hydroxyl groups is 3. The van der Waals surface area contributed by atoms with Gasteiger partial charge >= 0.3 is 0 Å². The molecule has 0 aromatic heterocycles. The van der Waals surface area contributed by atoms with E-state index in [0.717, 1.165) is 12.8 Å². The van der Waals surface area contributed by atoms with E-state index in [1.165, 1.54) is 0 Å². The Morgan fingerprint density at radius 1 is 1.41 bits per heavy atom. The fourth-order valence-corrected chi connectivity index (χ4v) is 1.92. The minimum absolute atomic E-state index is 0.118. The van der Waals surface area contributed by atoms with E-state index >= 15 is 0 Å². The van der Waals surface area contributed by atoms with E-state index in [9.17, 15) is 15.0 Å². The van der Waals surface area contributed by atoms with Gasteiger partial charge in [-0.2, -0.15) is 0 Å². The van der Waals surface area contributed by atoms with Crippen LogP contribution in [0.25, 0.3) is 0 Å². The first-order valence-corrected chi connectivity index (χ1v) is 6.09. The molecule has 1 aliphatic heterocycles. The second-order valence-electron chi connectivity index (χ2n) is 4.46. The van der Waals surface area contributed by atoms with E-state index in [4.69, 9.17) is 5.11 Å². The summed E-state index contributed by atoms with van der Waals surface area (Å²) < 4.78 is 0. The van der Waals surface area contributed by atoms with Gasteiger partial charge in [0.2, 0.25) is 5.91 Å². The van der Waals surface area contributed by atoms with Crippen molar-refractivity contribution in [3.8, 4) is 0 Å². The van der Waals surface area contributed by atoms with E-state index in [1.54, 1.807) is 0 Å². The number of piperidine rings is 1. The van der Waals surface area contributed by atoms with Crippen molar-refractivity contribution in [1.29, 1.82) is 0 Å². The van der Waals surface area contributed by atoms with Crippen LogP contribution in [0.15, 0.2) is 0 Å². The lowest BCUT2D eigenvalue weighted by atomic mass is 9.94. The van der Waals surface area contributed by atoms with Gasteiger partial charge in [-0.1, -0.05) is 13.3 Å². The molecule has 0 aliphatic carbocycles. The van der Waals surface area contributed by atoms with E-state index in [1.807, 2.05) is 6.92 Å². The fourth-order valence-electron chi connectivity index (χ4n) is 1.92. The number of aliphatic hydroxyl groups excluding tert-OH is 3. The highest BCUT2D eigenvalue weighted by Crippen LogP contribution is 2.10. The minimum atomic E-state index is -1.06. The maximum Gasteiger partial charge on any atom is 0.220 e. The lowest BCUT2D eigenvalue weighted by Gasteiger charge is -2.38. The highest BCUT2D eigenvalue weighted by Gasteiger charge is 2.37. The van der Waals surface area contributed by atoms with Gasteiger partial charge in [-0.15, -0.1) is 0 Å². The normalized spacial score (nSPS) is 33.4. The molecule has 17 heavy (non-hydrogen) atoms. The molecule has 0 spiro atoms. The van der Waals surface area contributed by atoms with Crippen molar-refractivity contribution in [3.63, 3.8) is 0 Å². The molecule has 1 fully saturated rings. The smallest absolute Gasteiger partial charge is 0.220 e. The van der Waals surface area contributed by atoms with E-state index in [2.05, 4.69) is 10.6 Å². The second kappa shape index (κ2) is 6.90. The van der Waals surface area contributed by atoms with Gasteiger partial charge in [0.25, 0.3) is 0 Å². The summed E-state index contributed by atoms with van der Waals surface area (Å²) in [6.07, 6.45) is 0.0706. The Labute approximate surface area is 101 Å². The van der Waals surface area contributed by atoms with Gasteiger partial charge in [0.05, 0.1) is 24.8 Å². The SMILES string of the molecule is CCCCC(=O)N[C@H]1CN[C@H](CO)[C@@H](O)[C@@H]1O. The van der Waals surface area contributed by atoms with Crippen molar-refractivity contribution in [1.82, 2.24) is 10.6 Å². The molecule has 1 rings (SSSR count). The first-order valence-electron chi connectivity index (χ1n) is 6.09. The summed E-state index contributed by atoms with van der Waals surface area (Å²) in [6.45, 7) is 2.11. The maximum absolute atomic E-state index is 11.5. The van der Waals surface area contributed by atoms with Crippen LogP contribution < -0.4 is 10.6 Å². The summed E-state index contributed by atoms with van der Waals surface area (Å²) in [4.78, 5) is 11.5. The first-order chi connectivity index (χ1) is 8.10. The predicted molar refractivity (Wildman–Crippen MR) is 62.3 cm³/mol. The Kier molecular flexibility index (Phi) is 5.84. The van der Waals surface area contributed by atoms with Gasteiger partial charge < -0.3 is 26.0 Å². The largest absolute Gasteiger partial charge is 0.395 e. The van der Waals surface area contributed by atoms with Crippen LogP contribution in [-0.2, 0) is 4.79 Å². The van der Waals surface area contributed by atoms with Crippen LogP contribution in [0.5, 0.6) is 0 Å². The van der Waals surface area contributed by atoms with E-state index in [0.29, 0.717) is 13.0 Å². The zero-order chi connectivity index (χ0) is 12.8. The molecule has 1 aliphatic rings. The van der Waals surface area contributed by atoms with Crippen LogP contribution in [0.4, 0.5) is 0 Å². The van der Waals surface area contributed by atoms with Gasteiger partial charge in [-0.05, 0) is 6.42 Å². The second-order valence-corrected chi connectivity index (χ2v) is 4.46. The molecule has 5 N–H and O–H groups in total. The fraction of sp³-hybridized carbons (Fsp3) is 0.909. The van der Waals surface area contributed by atoms with Crippen LogP contribution in [0, 0.1) is 0 Å². The van der Waals surface area contributed by atoms with Crippen LogP contribution in [0.3, 0.4) is 0 Å². The molecule has 1 saturated heterocycles. The molecule has 0 aromatic carbocycles. The number of hydrogen-bond acceptors (Lipinski definition) is 5. The van der Waals surface area contributed by atoms with Crippen molar-refractivity contribution >= 4 is 5.91 Å². The van der Waals surface area contributed by atoms with Gasteiger partial charge in [-0.3, -0.25) is 4.79 Å². The molecule has 0 unspecified atom stereocenters. The molecule has 0 aromatic rings. The van der Waals surface area contributed by atoms with Crippen LogP contribution >= 0.6 is 0 Å². The number of carbonyl (C=O) groups excluding carboxylic acids is 1. The van der Waals surface area contributed by atoms with Crippen molar-refractivity contribution in [2.24, 2.45) is 0 Å². The summed E-state index contributed by atoms with van der Waals surface area (Å²) in [5.74, 6) is -0.118. The van der Waals surface area contributed by atoms with Gasteiger partial charge in [0.15, 0.2) is 0 Å². The van der Waals surface area contributed by atoms with E-state index < -0.39 is 24.3 Å². The molecule has 0 saturated carbocycles. The monoisotopic (exact) mass is 246 g/mol. The average Bonchev–Trinajstić information content (AvgIpc) is 2.33. The van der Waals surface area contributed by atoms with Crippen molar-refractivity contribution in [2.45, 2.75) is 50.5 Å². The number of hydrogen-bond donors (Lipinski definition) is 5. The number of nitrogens with one attached hydrogen (secondary N) is 2. The van der Waals surface area contributed by atoms with Crippen molar-refractivity contribution < 1.29 is 20.1 Å². The average molecular weight is 246 g/mol. The third-order valence-electron chi connectivity index (χ3n) is 3.07.